The third-order valence-electron chi connectivity index (χ3n) is 6.49. The second-order valence-electron chi connectivity index (χ2n) is 8.49. The van der Waals surface area contributed by atoms with Gasteiger partial charge >= 0.3 is 12.1 Å². The largest absolute Gasteiger partial charge is 0.480 e. The van der Waals surface area contributed by atoms with Crippen LogP contribution in [0.4, 0.5) is 4.79 Å². The van der Waals surface area contributed by atoms with Crippen LogP contribution in [0.1, 0.15) is 42.1 Å². The third kappa shape index (κ3) is 4.62. The molecule has 2 unspecified atom stereocenters. The van der Waals surface area contributed by atoms with Crippen LogP contribution in [0.3, 0.4) is 0 Å². The first-order valence-electron chi connectivity index (χ1n) is 11.4. The summed E-state index contributed by atoms with van der Waals surface area (Å²) in [6.45, 7) is 1.77. The molecular weight excluding hydrogens is 448 g/mol. The third-order valence-corrected chi connectivity index (χ3v) is 6.49. The minimum atomic E-state index is -1.16. The Labute approximate surface area is 203 Å². The van der Waals surface area contributed by atoms with Crippen LogP contribution in [-0.2, 0) is 21.4 Å². The molecule has 2 amide bonds. The average molecular weight is 477 g/mol. The molecule has 0 spiro atoms. The number of amides is 2. The van der Waals surface area contributed by atoms with Crippen LogP contribution in [0, 0.1) is 0 Å². The van der Waals surface area contributed by atoms with Crippen LogP contribution in [0.5, 0.6) is 0 Å². The lowest BCUT2D eigenvalue weighted by molar-refractivity contribution is -0.150. The van der Waals surface area contributed by atoms with E-state index < -0.39 is 30.1 Å². The zero-order valence-electron chi connectivity index (χ0n) is 19.8. The summed E-state index contributed by atoms with van der Waals surface area (Å²) in [5, 5.41) is 16.2. The molecule has 1 aliphatic carbocycles. The fraction of sp³-hybridized carbons (Fsp3) is 0.308. The first kappa shape index (κ1) is 24.0. The molecule has 0 bridgehead atoms. The Morgan fingerprint density at radius 2 is 1.69 bits per heavy atom. The summed E-state index contributed by atoms with van der Waals surface area (Å²) in [7, 11) is 3.05. The van der Waals surface area contributed by atoms with E-state index in [4.69, 9.17) is 4.74 Å². The van der Waals surface area contributed by atoms with Crippen molar-refractivity contribution in [1.29, 1.82) is 0 Å². The van der Waals surface area contributed by atoms with Gasteiger partial charge in [0, 0.05) is 26.2 Å². The van der Waals surface area contributed by atoms with Gasteiger partial charge in [0.25, 0.3) is 5.91 Å². The van der Waals surface area contributed by atoms with Gasteiger partial charge in [-0.15, -0.1) is 0 Å². The Hall–Kier alpha value is -4.14. The molecule has 0 fully saturated rings. The first-order chi connectivity index (χ1) is 16.8. The quantitative estimate of drug-likeness (QED) is 0.516. The van der Waals surface area contributed by atoms with Crippen molar-refractivity contribution in [3.63, 3.8) is 0 Å². The van der Waals surface area contributed by atoms with Gasteiger partial charge in [0.05, 0.1) is 5.69 Å². The fourth-order valence-electron chi connectivity index (χ4n) is 4.66. The highest BCUT2D eigenvalue weighted by Crippen LogP contribution is 2.44. The average Bonchev–Trinajstić information content (AvgIpc) is 3.42. The molecule has 2 atom stereocenters. The molecule has 0 saturated carbocycles. The number of carbonyl (C=O) groups is 3. The van der Waals surface area contributed by atoms with Gasteiger partial charge < -0.3 is 20.1 Å². The highest BCUT2D eigenvalue weighted by molar-refractivity contribution is 5.89. The second kappa shape index (κ2) is 10.0. The number of hydrogen-bond acceptors (Lipinski definition) is 5. The molecule has 4 rings (SSSR count). The highest BCUT2D eigenvalue weighted by atomic mass is 16.5. The fourth-order valence-corrected chi connectivity index (χ4v) is 4.66. The van der Waals surface area contributed by atoms with Crippen LogP contribution < -0.4 is 5.32 Å². The Morgan fingerprint density at radius 1 is 1.09 bits per heavy atom. The van der Waals surface area contributed by atoms with E-state index in [2.05, 4.69) is 10.4 Å². The predicted octanol–water partition coefficient (Wildman–Crippen LogP) is 3.32. The van der Waals surface area contributed by atoms with E-state index in [0.29, 0.717) is 5.69 Å². The van der Waals surface area contributed by atoms with Gasteiger partial charge in [0.1, 0.15) is 12.6 Å². The Morgan fingerprint density at radius 3 is 2.20 bits per heavy atom. The predicted molar refractivity (Wildman–Crippen MR) is 129 cm³/mol. The Bertz CT molecular complexity index is 1210. The van der Waals surface area contributed by atoms with Crippen molar-refractivity contribution in [3.05, 3.63) is 77.6 Å². The Balaban J connectivity index is 1.52. The molecule has 2 aromatic carbocycles. The lowest BCUT2D eigenvalue weighted by Crippen LogP contribution is -2.48. The molecule has 1 heterocycles. The van der Waals surface area contributed by atoms with Crippen LogP contribution in [-0.4, -0.2) is 57.5 Å². The number of hydrogen-bond donors (Lipinski definition) is 2. The second-order valence-corrected chi connectivity index (χ2v) is 8.49. The normalized spacial score (nSPS) is 13.9. The number of rotatable bonds is 8. The number of alkyl carbamates (subject to hydrolysis) is 1. The number of aromatic nitrogens is 2. The number of aryl methyl sites for hydroxylation is 1. The molecule has 9 nitrogen and oxygen atoms in total. The van der Waals surface area contributed by atoms with Crippen LogP contribution in [0.25, 0.3) is 11.1 Å². The molecule has 182 valence electrons. The minimum Gasteiger partial charge on any atom is -0.480 e. The summed E-state index contributed by atoms with van der Waals surface area (Å²) in [6.07, 6.45) is 0.952. The van der Waals surface area contributed by atoms with Crippen molar-refractivity contribution in [2.45, 2.75) is 31.3 Å². The van der Waals surface area contributed by atoms with E-state index in [1.54, 1.807) is 20.0 Å². The van der Waals surface area contributed by atoms with Crippen molar-refractivity contribution in [2.24, 2.45) is 7.05 Å². The number of likely N-dealkylation sites (N-methyl/N-ethyl adjacent to an activating group) is 1. The van der Waals surface area contributed by atoms with Gasteiger partial charge in [-0.05, 0) is 34.7 Å². The van der Waals surface area contributed by atoms with E-state index in [1.165, 1.54) is 17.9 Å². The Kier molecular flexibility index (Phi) is 6.86. The van der Waals surface area contributed by atoms with E-state index in [0.717, 1.165) is 27.2 Å². The molecule has 0 radical (unpaired) electrons. The van der Waals surface area contributed by atoms with Crippen molar-refractivity contribution in [2.75, 3.05) is 13.7 Å². The maximum absolute atomic E-state index is 13.3. The standard InChI is InChI=1S/C26H28N4O5/c1-4-21(25(32)33)29(2)24(31)23(22-13-14-27-30(22)3)28-26(34)35-15-20-18-11-7-5-9-16(18)17-10-6-8-12-19(17)20/h5-14,20-21,23H,4,15H2,1-3H3,(H,28,34)(H,32,33). The molecule has 3 aromatic rings. The molecule has 0 aliphatic heterocycles. The highest BCUT2D eigenvalue weighted by Gasteiger charge is 2.34. The van der Waals surface area contributed by atoms with E-state index in [9.17, 15) is 19.5 Å². The summed E-state index contributed by atoms with van der Waals surface area (Å²) >= 11 is 0. The van der Waals surface area contributed by atoms with Gasteiger partial charge in [-0.25, -0.2) is 9.59 Å². The van der Waals surface area contributed by atoms with Crippen LogP contribution >= 0.6 is 0 Å². The molecule has 2 N–H and O–H groups in total. The smallest absolute Gasteiger partial charge is 0.408 e. The number of carboxylic acids is 1. The van der Waals surface area contributed by atoms with E-state index in [-0.39, 0.29) is 18.9 Å². The molecular formula is C26H28N4O5. The maximum Gasteiger partial charge on any atom is 0.408 e. The molecule has 1 aromatic heterocycles. The number of aliphatic carboxylic acids is 1. The summed E-state index contributed by atoms with van der Waals surface area (Å²) in [4.78, 5) is 38.9. The van der Waals surface area contributed by atoms with Crippen LogP contribution in [0.15, 0.2) is 60.8 Å². The van der Waals surface area contributed by atoms with Gasteiger partial charge in [-0.3, -0.25) is 9.48 Å². The van der Waals surface area contributed by atoms with Crippen molar-refractivity contribution in [3.8, 4) is 11.1 Å². The summed E-state index contributed by atoms with van der Waals surface area (Å²) in [5.41, 5.74) is 4.79. The monoisotopic (exact) mass is 476 g/mol. The van der Waals surface area contributed by atoms with Gasteiger partial charge in [0.15, 0.2) is 6.04 Å². The van der Waals surface area contributed by atoms with Crippen molar-refractivity contribution < 1.29 is 24.2 Å². The zero-order valence-corrected chi connectivity index (χ0v) is 19.8. The number of fused-ring (bicyclic) bond motifs is 3. The first-order valence-corrected chi connectivity index (χ1v) is 11.4. The molecule has 1 aliphatic rings. The molecule has 35 heavy (non-hydrogen) atoms. The van der Waals surface area contributed by atoms with E-state index in [1.807, 2.05) is 48.5 Å². The number of nitrogens with zero attached hydrogens (tertiary/aromatic N) is 3. The molecule has 0 saturated heterocycles. The van der Waals surface area contributed by atoms with Crippen molar-refractivity contribution >= 4 is 18.0 Å². The molecule has 9 heteroatoms. The summed E-state index contributed by atoms with van der Waals surface area (Å²) in [5.74, 6) is -1.82. The summed E-state index contributed by atoms with van der Waals surface area (Å²) in [6, 6.07) is 15.4. The van der Waals surface area contributed by atoms with Gasteiger partial charge in [0.2, 0.25) is 0 Å². The lowest BCUT2D eigenvalue weighted by atomic mass is 9.98. The van der Waals surface area contributed by atoms with Gasteiger partial charge in [-0.1, -0.05) is 55.5 Å². The summed E-state index contributed by atoms with van der Waals surface area (Å²) < 4.78 is 7.07. The number of benzene rings is 2. The number of carboxylic acid groups (broad SMARTS) is 1. The maximum atomic E-state index is 13.3. The SMILES string of the molecule is CCC(C(=O)O)N(C)C(=O)C(NC(=O)OCC1c2ccccc2-c2ccccc21)c1ccnn1C. The number of nitrogens with one attached hydrogen (secondary N) is 1. The number of carbonyl (C=O) groups excluding carboxylic acids is 2. The van der Waals surface area contributed by atoms with Gasteiger partial charge in [-0.2, -0.15) is 5.10 Å². The number of ether oxygens (including phenoxy) is 1. The minimum absolute atomic E-state index is 0.0920. The topological polar surface area (TPSA) is 114 Å². The van der Waals surface area contributed by atoms with Crippen LogP contribution in [0.2, 0.25) is 0 Å². The van der Waals surface area contributed by atoms with E-state index >= 15 is 0 Å². The zero-order chi connectivity index (χ0) is 25.1. The lowest BCUT2D eigenvalue weighted by Gasteiger charge is -2.28. The van der Waals surface area contributed by atoms with Crippen molar-refractivity contribution in [1.82, 2.24) is 20.0 Å².